The number of carboxylic acid groups (broad SMARTS) is 1. The molecule has 0 saturated heterocycles. The number of H-pyrrole nitrogens is 1. The van der Waals surface area contributed by atoms with E-state index in [1.54, 1.807) is 18.6 Å². The first-order valence-electron chi connectivity index (χ1n) is 9.43. The summed E-state index contributed by atoms with van der Waals surface area (Å²) >= 11 is 0. The maximum atomic E-state index is 11.7. The number of hydrogen-bond donors (Lipinski definition) is 2. The van der Waals surface area contributed by atoms with E-state index in [4.69, 9.17) is 0 Å². The maximum absolute atomic E-state index is 11.7. The maximum Gasteiger partial charge on any atom is 0.308 e. The third kappa shape index (κ3) is 4.94. The molecule has 3 aromatic heterocycles. The predicted octanol–water partition coefficient (Wildman–Crippen LogP) is 1.75. The summed E-state index contributed by atoms with van der Waals surface area (Å²) in [4.78, 5) is 26.5. The number of aliphatic carboxylic acids is 1. The van der Waals surface area contributed by atoms with Crippen molar-refractivity contribution in [3.05, 3.63) is 42.1 Å². The summed E-state index contributed by atoms with van der Waals surface area (Å²) in [6.07, 6.45) is 6.22. The average molecular weight is 406 g/mol. The lowest BCUT2D eigenvalue weighted by molar-refractivity contribution is -0.142. The molecule has 2 atom stereocenters. The van der Waals surface area contributed by atoms with Crippen LogP contribution < -0.4 is 4.90 Å². The van der Waals surface area contributed by atoms with Crippen molar-refractivity contribution in [2.75, 3.05) is 19.0 Å². The summed E-state index contributed by atoms with van der Waals surface area (Å²) in [6.45, 7) is 1.92. The molecule has 0 aliphatic rings. The molecule has 30 heavy (non-hydrogen) atoms. The molecule has 0 spiro atoms. The molecular weight excluding hydrogens is 384 g/mol. The summed E-state index contributed by atoms with van der Waals surface area (Å²) in [7, 11) is 3.75. The second kappa shape index (κ2) is 9.56. The van der Waals surface area contributed by atoms with Crippen LogP contribution >= 0.6 is 0 Å². The first-order valence-corrected chi connectivity index (χ1v) is 9.43. The van der Waals surface area contributed by atoms with Gasteiger partial charge in [-0.2, -0.15) is 5.21 Å². The van der Waals surface area contributed by atoms with Crippen molar-refractivity contribution < 1.29 is 9.90 Å². The molecule has 10 nitrogen and oxygen atoms in total. The van der Waals surface area contributed by atoms with Crippen LogP contribution in [0.1, 0.15) is 37.1 Å². The smallest absolute Gasteiger partial charge is 0.308 e. The van der Waals surface area contributed by atoms with E-state index in [0.29, 0.717) is 24.4 Å². The molecule has 0 bridgehead atoms. The molecule has 10 heteroatoms. The summed E-state index contributed by atoms with van der Waals surface area (Å²) in [5.41, 5.74) is 2.16. The number of carboxylic acids is 1. The van der Waals surface area contributed by atoms with Gasteiger partial charge in [0, 0.05) is 43.8 Å². The molecule has 3 rings (SSSR count). The highest BCUT2D eigenvalue weighted by Crippen LogP contribution is 2.25. The van der Waals surface area contributed by atoms with E-state index in [9.17, 15) is 9.90 Å². The standard InChI is InChI=1S/C20H22N8O2/c1-4-5-16(19(29)30)15(18-24-26-27-25-18)8-6-13-7-9-17(21-10-13)14-11-22-20(23-12-14)28(2)3/h7,9-12,15-16H,4-5H2,1-3H3,(H,29,30)(H,24,25,26,27). The van der Waals surface area contributed by atoms with E-state index < -0.39 is 17.8 Å². The van der Waals surface area contributed by atoms with Crippen molar-refractivity contribution in [1.29, 1.82) is 0 Å². The molecule has 3 heterocycles. The highest BCUT2D eigenvalue weighted by molar-refractivity contribution is 5.72. The van der Waals surface area contributed by atoms with Crippen LogP contribution in [0.25, 0.3) is 11.3 Å². The van der Waals surface area contributed by atoms with Crippen LogP contribution in [0.3, 0.4) is 0 Å². The van der Waals surface area contributed by atoms with Crippen LogP contribution in [0, 0.1) is 17.8 Å². The number of nitrogens with one attached hydrogen (secondary N) is 1. The van der Waals surface area contributed by atoms with E-state index in [1.165, 1.54) is 0 Å². The zero-order chi connectivity index (χ0) is 21.5. The van der Waals surface area contributed by atoms with Crippen molar-refractivity contribution >= 4 is 11.9 Å². The molecule has 2 unspecified atom stereocenters. The van der Waals surface area contributed by atoms with Gasteiger partial charge in [-0.05, 0) is 18.6 Å². The fraction of sp³-hybridized carbons (Fsp3) is 0.350. The van der Waals surface area contributed by atoms with Gasteiger partial charge < -0.3 is 10.0 Å². The van der Waals surface area contributed by atoms with Gasteiger partial charge in [0.1, 0.15) is 0 Å². The first kappa shape index (κ1) is 20.9. The van der Waals surface area contributed by atoms with Crippen LogP contribution in [0.5, 0.6) is 0 Å². The lowest BCUT2D eigenvalue weighted by Crippen LogP contribution is -2.22. The molecule has 0 aliphatic carbocycles. The Kier molecular flexibility index (Phi) is 6.64. The Morgan fingerprint density at radius 1 is 1.20 bits per heavy atom. The highest BCUT2D eigenvalue weighted by atomic mass is 16.4. The van der Waals surface area contributed by atoms with Gasteiger partial charge in [0.05, 0.1) is 17.5 Å². The summed E-state index contributed by atoms with van der Waals surface area (Å²) in [5.74, 6) is 4.55. The fourth-order valence-corrected chi connectivity index (χ4v) is 2.87. The van der Waals surface area contributed by atoms with Crippen LogP contribution in [0.4, 0.5) is 5.95 Å². The van der Waals surface area contributed by atoms with Crippen molar-refractivity contribution in [2.45, 2.75) is 25.7 Å². The Labute approximate surface area is 173 Å². The molecule has 154 valence electrons. The van der Waals surface area contributed by atoms with Gasteiger partial charge in [-0.15, -0.1) is 10.2 Å². The zero-order valence-electron chi connectivity index (χ0n) is 16.9. The number of rotatable bonds is 7. The normalized spacial score (nSPS) is 12.5. The average Bonchev–Trinajstić information content (AvgIpc) is 3.28. The number of aromatic nitrogens is 7. The molecule has 0 aliphatic heterocycles. The van der Waals surface area contributed by atoms with E-state index >= 15 is 0 Å². The molecular formula is C20H22N8O2. The Morgan fingerprint density at radius 3 is 2.50 bits per heavy atom. The minimum atomic E-state index is -0.935. The second-order valence-corrected chi connectivity index (χ2v) is 6.85. The van der Waals surface area contributed by atoms with Gasteiger partial charge >= 0.3 is 5.97 Å². The van der Waals surface area contributed by atoms with Gasteiger partial charge in [-0.3, -0.25) is 9.78 Å². The lowest BCUT2D eigenvalue weighted by Gasteiger charge is -2.15. The van der Waals surface area contributed by atoms with Crippen molar-refractivity contribution in [3.63, 3.8) is 0 Å². The lowest BCUT2D eigenvalue weighted by atomic mass is 9.88. The summed E-state index contributed by atoms with van der Waals surface area (Å²) < 4.78 is 0. The highest BCUT2D eigenvalue weighted by Gasteiger charge is 2.30. The number of pyridine rings is 1. The molecule has 0 aromatic carbocycles. The zero-order valence-corrected chi connectivity index (χ0v) is 16.9. The first-order chi connectivity index (χ1) is 14.5. The van der Waals surface area contributed by atoms with Gasteiger partial charge in [0.25, 0.3) is 0 Å². The van der Waals surface area contributed by atoms with E-state index in [1.807, 2.05) is 38.1 Å². The largest absolute Gasteiger partial charge is 0.481 e. The van der Waals surface area contributed by atoms with Crippen LogP contribution in [0.2, 0.25) is 0 Å². The Hall–Kier alpha value is -3.87. The number of tetrazole rings is 1. The van der Waals surface area contributed by atoms with Crippen molar-refractivity contribution in [1.82, 2.24) is 35.6 Å². The minimum absolute atomic E-state index is 0.270. The Morgan fingerprint density at radius 2 is 1.97 bits per heavy atom. The predicted molar refractivity (Wildman–Crippen MR) is 109 cm³/mol. The minimum Gasteiger partial charge on any atom is -0.481 e. The summed E-state index contributed by atoms with van der Waals surface area (Å²) in [6, 6.07) is 3.64. The molecule has 2 N–H and O–H groups in total. The second-order valence-electron chi connectivity index (χ2n) is 6.85. The topological polar surface area (TPSA) is 134 Å². The third-order valence-corrected chi connectivity index (χ3v) is 4.43. The molecule has 0 saturated carbocycles. The molecule has 0 amide bonds. The van der Waals surface area contributed by atoms with Gasteiger partial charge in [0.2, 0.25) is 5.95 Å². The number of aromatic amines is 1. The number of anilines is 1. The SMILES string of the molecule is CCCC(C(=O)O)C(C#Cc1ccc(-c2cnc(N(C)C)nc2)nc1)c1nn[nH]n1. The van der Waals surface area contributed by atoms with Crippen LogP contribution in [-0.4, -0.2) is 60.7 Å². The number of nitrogens with zero attached hydrogens (tertiary/aromatic N) is 7. The summed E-state index contributed by atoms with van der Waals surface area (Å²) in [5, 5.41) is 23.4. The fourth-order valence-electron chi connectivity index (χ4n) is 2.87. The number of hydrogen-bond acceptors (Lipinski definition) is 8. The van der Waals surface area contributed by atoms with E-state index in [0.717, 1.165) is 11.3 Å². The van der Waals surface area contributed by atoms with Crippen molar-refractivity contribution in [2.24, 2.45) is 5.92 Å². The van der Waals surface area contributed by atoms with Crippen LogP contribution in [-0.2, 0) is 4.79 Å². The van der Waals surface area contributed by atoms with Gasteiger partial charge in [-0.25, -0.2) is 9.97 Å². The van der Waals surface area contributed by atoms with Gasteiger partial charge in [0.15, 0.2) is 5.82 Å². The van der Waals surface area contributed by atoms with E-state index in [-0.39, 0.29) is 5.82 Å². The molecule has 3 aromatic rings. The number of carbonyl (C=O) groups is 1. The monoisotopic (exact) mass is 406 g/mol. The van der Waals surface area contributed by atoms with E-state index in [2.05, 4.69) is 47.4 Å². The quantitative estimate of drug-likeness (QED) is 0.563. The molecule has 0 radical (unpaired) electrons. The third-order valence-electron chi connectivity index (χ3n) is 4.43. The Bertz CT molecular complexity index is 1020. The van der Waals surface area contributed by atoms with Crippen LogP contribution in [0.15, 0.2) is 30.7 Å². The van der Waals surface area contributed by atoms with Crippen molar-refractivity contribution in [3.8, 4) is 23.1 Å². The molecule has 0 fully saturated rings. The Balaban J connectivity index is 1.83. The van der Waals surface area contributed by atoms with Gasteiger partial charge in [-0.1, -0.05) is 30.4 Å².